The second kappa shape index (κ2) is 10.5. The fraction of sp³-hybridized carbons (Fsp3) is 0.304. The lowest BCUT2D eigenvalue weighted by Crippen LogP contribution is -2.43. The molecule has 0 bridgehead atoms. The summed E-state index contributed by atoms with van der Waals surface area (Å²) in [5.41, 5.74) is 5.91. The van der Waals surface area contributed by atoms with Gasteiger partial charge in [-0.25, -0.2) is 9.99 Å². The monoisotopic (exact) mass is 478 g/mol. The fourth-order valence-corrected chi connectivity index (χ4v) is 3.97. The number of rotatable bonds is 8. The maximum absolute atomic E-state index is 13.1. The first-order valence-electron chi connectivity index (χ1n) is 10.2. The van der Waals surface area contributed by atoms with Crippen molar-refractivity contribution in [3.63, 3.8) is 0 Å². The van der Waals surface area contributed by atoms with E-state index in [1.165, 1.54) is 0 Å². The summed E-state index contributed by atoms with van der Waals surface area (Å²) in [6.07, 6.45) is 2.05. The van der Waals surface area contributed by atoms with Crippen LogP contribution in [0.4, 0.5) is 0 Å². The van der Waals surface area contributed by atoms with E-state index in [-0.39, 0.29) is 5.91 Å². The summed E-state index contributed by atoms with van der Waals surface area (Å²) in [6.45, 7) is 5.61. The average molecular weight is 480 g/mol. The van der Waals surface area contributed by atoms with Crippen LogP contribution in [-0.2, 0) is 7.05 Å². The Morgan fingerprint density at radius 2 is 1.74 bits per heavy atom. The van der Waals surface area contributed by atoms with E-state index < -0.39 is 0 Å². The minimum atomic E-state index is -0.271. The number of nitrogens with zero attached hydrogens (tertiary/aromatic N) is 3. The number of hydrogen-bond donors (Lipinski definition) is 1. The van der Waals surface area contributed by atoms with Gasteiger partial charge in [0.1, 0.15) is 0 Å². The van der Waals surface area contributed by atoms with Crippen molar-refractivity contribution < 1.29 is 4.79 Å². The van der Waals surface area contributed by atoms with Gasteiger partial charge >= 0.3 is 5.91 Å². The highest BCUT2D eigenvalue weighted by Gasteiger charge is 2.24. The lowest BCUT2D eigenvalue weighted by molar-refractivity contribution is 0.0780. The summed E-state index contributed by atoms with van der Waals surface area (Å²) in [5, 5.41) is 3.53. The third-order valence-electron chi connectivity index (χ3n) is 5.03. The number of carbonyl (C=O) groups is 1. The van der Waals surface area contributed by atoms with Crippen LogP contribution in [0.2, 0.25) is 15.1 Å². The molecule has 1 amide bonds. The van der Waals surface area contributed by atoms with E-state index in [0.717, 1.165) is 30.6 Å². The molecule has 0 spiro atoms. The molecule has 0 fully saturated rings. The van der Waals surface area contributed by atoms with E-state index >= 15 is 0 Å². The standard InChI is InChI=1S/C23H25Cl3N4O/c1-4-6-13-30(5-2)28-23(31)22-27-20(18-12-11-17(25)14-19(18)26)21(29(22)3)15-7-9-16(24)10-8-15/h7-12,14H,4-6,13H2,1-3H3,(H,28,31). The van der Waals surface area contributed by atoms with Gasteiger partial charge in [-0.1, -0.05) is 67.2 Å². The molecule has 31 heavy (non-hydrogen) atoms. The Hall–Kier alpha value is -2.05. The molecule has 3 rings (SSSR count). The van der Waals surface area contributed by atoms with E-state index in [9.17, 15) is 4.79 Å². The van der Waals surface area contributed by atoms with E-state index in [0.29, 0.717) is 38.7 Å². The lowest BCUT2D eigenvalue weighted by Gasteiger charge is -2.20. The summed E-state index contributed by atoms with van der Waals surface area (Å²) < 4.78 is 1.78. The zero-order valence-corrected chi connectivity index (χ0v) is 20.0. The molecule has 0 aliphatic heterocycles. The van der Waals surface area contributed by atoms with E-state index in [4.69, 9.17) is 39.8 Å². The van der Waals surface area contributed by atoms with Gasteiger partial charge in [-0.15, -0.1) is 0 Å². The molecular formula is C23H25Cl3N4O. The van der Waals surface area contributed by atoms with Gasteiger partial charge in [0.05, 0.1) is 16.4 Å². The van der Waals surface area contributed by atoms with Gasteiger partial charge in [0.2, 0.25) is 5.82 Å². The molecule has 5 nitrogen and oxygen atoms in total. The second-order valence-corrected chi connectivity index (χ2v) is 8.48. The number of amides is 1. The predicted octanol–water partition coefficient (Wildman–Crippen LogP) is 6.48. The Morgan fingerprint density at radius 3 is 2.35 bits per heavy atom. The highest BCUT2D eigenvalue weighted by atomic mass is 35.5. The van der Waals surface area contributed by atoms with Crippen molar-refractivity contribution in [2.45, 2.75) is 26.7 Å². The van der Waals surface area contributed by atoms with Gasteiger partial charge in [-0.2, -0.15) is 0 Å². The quantitative estimate of drug-likeness (QED) is 0.376. The van der Waals surface area contributed by atoms with Crippen LogP contribution in [0.25, 0.3) is 22.5 Å². The molecule has 0 saturated carbocycles. The number of hydrogen-bond acceptors (Lipinski definition) is 3. The fourth-order valence-electron chi connectivity index (χ4n) is 3.34. The molecule has 1 heterocycles. The van der Waals surface area contributed by atoms with E-state index in [1.807, 2.05) is 37.2 Å². The number of halogens is 3. The van der Waals surface area contributed by atoms with Crippen molar-refractivity contribution in [3.05, 3.63) is 63.4 Å². The van der Waals surface area contributed by atoms with Gasteiger partial charge in [0, 0.05) is 41.3 Å². The zero-order valence-electron chi connectivity index (χ0n) is 17.8. The molecule has 1 N–H and O–H groups in total. The van der Waals surface area contributed by atoms with Gasteiger partial charge in [-0.3, -0.25) is 10.2 Å². The van der Waals surface area contributed by atoms with Gasteiger partial charge in [0.15, 0.2) is 0 Å². The zero-order chi connectivity index (χ0) is 22.5. The van der Waals surface area contributed by atoms with Gasteiger partial charge < -0.3 is 4.57 Å². The Labute approximate surface area is 197 Å². The first-order chi connectivity index (χ1) is 14.8. The average Bonchev–Trinajstić information content (AvgIpc) is 3.08. The first-order valence-corrected chi connectivity index (χ1v) is 11.3. The summed E-state index contributed by atoms with van der Waals surface area (Å²) >= 11 is 18.7. The predicted molar refractivity (Wildman–Crippen MR) is 129 cm³/mol. The minimum absolute atomic E-state index is 0.271. The van der Waals surface area contributed by atoms with Crippen molar-refractivity contribution in [1.82, 2.24) is 20.0 Å². The first kappa shape index (κ1) is 23.6. The van der Waals surface area contributed by atoms with Crippen LogP contribution >= 0.6 is 34.8 Å². The number of carbonyl (C=O) groups excluding carboxylic acids is 1. The Kier molecular flexibility index (Phi) is 8.00. The number of unbranched alkanes of at least 4 members (excludes halogenated alkanes) is 1. The number of benzene rings is 2. The molecule has 1 aromatic heterocycles. The lowest BCUT2D eigenvalue weighted by atomic mass is 10.0. The molecule has 0 saturated heterocycles. The smallest absolute Gasteiger partial charge is 0.301 e. The molecule has 0 unspecified atom stereocenters. The third kappa shape index (κ3) is 5.42. The summed E-state index contributed by atoms with van der Waals surface area (Å²) in [6, 6.07) is 12.6. The number of hydrazine groups is 1. The van der Waals surface area contributed by atoms with Crippen LogP contribution in [-0.4, -0.2) is 33.6 Å². The summed E-state index contributed by atoms with van der Waals surface area (Å²) in [7, 11) is 1.82. The normalized spacial score (nSPS) is 11.2. The molecule has 3 aromatic rings. The van der Waals surface area contributed by atoms with Crippen molar-refractivity contribution in [2.75, 3.05) is 13.1 Å². The number of aromatic nitrogens is 2. The number of nitrogens with one attached hydrogen (secondary N) is 1. The topological polar surface area (TPSA) is 50.2 Å². The Bertz CT molecular complexity index is 1060. The molecule has 0 aliphatic carbocycles. The van der Waals surface area contributed by atoms with Crippen LogP contribution in [0.3, 0.4) is 0 Å². The summed E-state index contributed by atoms with van der Waals surface area (Å²) in [5.74, 6) is 0.0212. The molecule has 0 radical (unpaired) electrons. The molecule has 2 aromatic carbocycles. The molecule has 8 heteroatoms. The van der Waals surface area contributed by atoms with Crippen LogP contribution in [0.15, 0.2) is 42.5 Å². The van der Waals surface area contributed by atoms with Crippen LogP contribution < -0.4 is 5.43 Å². The SMILES string of the molecule is CCCCN(CC)NC(=O)c1nc(-c2ccc(Cl)cc2Cl)c(-c2ccc(Cl)cc2)n1C. The highest BCUT2D eigenvalue weighted by molar-refractivity contribution is 6.36. The summed E-state index contributed by atoms with van der Waals surface area (Å²) in [4.78, 5) is 17.8. The van der Waals surface area contributed by atoms with Crippen LogP contribution in [0.5, 0.6) is 0 Å². The van der Waals surface area contributed by atoms with Crippen LogP contribution in [0, 0.1) is 0 Å². The van der Waals surface area contributed by atoms with Crippen molar-refractivity contribution in [3.8, 4) is 22.5 Å². The molecule has 0 aliphatic rings. The minimum Gasteiger partial charge on any atom is -0.322 e. The highest BCUT2D eigenvalue weighted by Crippen LogP contribution is 2.37. The van der Waals surface area contributed by atoms with Crippen molar-refractivity contribution in [2.24, 2.45) is 7.05 Å². The van der Waals surface area contributed by atoms with Crippen molar-refractivity contribution in [1.29, 1.82) is 0 Å². The molecule has 164 valence electrons. The Morgan fingerprint density at radius 1 is 1.06 bits per heavy atom. The number of imidazole rings is 1. The van der Waals surface area contributed by atoms with E-state index in [1.54, 1.807) is 28.8 Å². The Balaban J connectivity index is 2.09. The molecule has 0 atom stereocenters. The van der Waals surface area contributed by atoms with Crippen LogP contribution in [0.1, 0.15) is 37.3 Å². The second-order valence-electron chi connectivity index (χ2n) is 7.20. The maximum Gasteiger partial charge on any atom is 0.301 e. The molecular weight excluding hydrogens is 455 g/mol. The van der Waals surface area contributed by atoms with Gasteiger partial charge in [-0.05, 0) is 36.8 Å². The van der Waals surface area contributed by atoms with Gasteiger partial charge in [0.25, 0.3) is 0 Å². The van der Waals surface area contributed by atoms with E-state index in [2.05, 4.69) is 12.3 Å². The maximum atomic E-state index is 13.1. The van der Waals surface area contributed by atoms with Crippen molar-refractivity contribution >= 4 is 40.7 Å². The largest absolute Gasteiger partial charge is 0.322 e. The third-order valence-corrected chi connectivity index (χ3v) is 5.82.